The molecule has 14 heavy (non-hydrogen) atoms. The maximum atomic E-state index is 12.4. The van der Waals surface area contributed by atoms with E-state index in [9.17, 15) is 8.78 Å². The summed E-state index contributed by atoms with van der Waals surface area (Å²) in [6.45, 7) is -0.531. The number of nitrogens with zero attached hydrogens (tertiary/aromatic N) is 2. The molecule has 1 rings (SSSR count). The molecule has 74 valence electrons. The number of pyridine rings is 1. The number of rotatable bonds is 2. The first kappa shape index (κ1) is 11.0. The van der Waals surface area contributed by atoms with Gasteiger partial charge in [0.2, 0.25) is 0 Å². The van der Waals surface area contributed by atoms with Crippen LogP contribution in [0.15, 0.2) is 10.5 Å². The van der Waals surface area contributed by atoms with E-state index in [0.29, 0.717) is 4.47 Å². The van der Waals surface area contributed by atoms with E-state index in [4.69, 9.17) is 10.4 Å². The Morgan fingerprint density at radius 2 is 2.29 bits per heavy atom. The molecule has 0 saturated heterocycles. The monoisotopic (exact) mass is 262 g/mol. The lowest BCUT2D eigenvalue weighted by molar-refractivity contribution is 0.141. The van der Waals surface area contributed by atoms with Crippen molar-refractivity contribution in [3.8, 4) is 6.07 Å². The third kappa shape index (κ3) is 2.05. The topological polar surface area (TPSA) is 56.9 Å². The Balaban J connectivity index is 3.34. The van der Waals surface area contributed by atoms with Crippen molar-refractivity contribution in [3.63, 3.8) is 0 Å². The second-order valence-corrected chi connectivity index (χ2v) is 3.29. The fourth-order valence-corrected chi connectivity index (χ4v) is 1.39. The van der Waals surface area contributed by atoms with Crippen molar-refractivity contribution < 1.29 is 13.9 Å². The first-order valence-electron chi connectivity index (χ1n) is 3.58. The molecule has 0 aliphatic carbocycles. The van der Waals surface area contributed by atoms with Crippen molar-refractivity contribution in [2.24, 2.45) is 0 Å². The number of aliphatic hydroxyl groups is 1. The quantitative estimate of drug-likeness (QED) is 0.889. The summed E-state index contributed by atoms with van der Waals surface area (Å²) in [6, 6.07) is 2.94. The molecule has 0 amide bonds. The van der Waals surface area contributed by atoms with E-state index in [-0.39, 0.29) is 11.3 Å². The molecular formula is C8H5BrF2N2O. The summed E-state index contributed by atoms with van der Waals surface area (Å²) in [5.41, 5.74) is -0.643. The molecule has 0 aliphatic rings. The van der Waals surface area contributed by atoms with E-state index in [0.717, 1.165) is 0 Å². The van der Waals surface area contributed by atoms with Gasteiger partial charge in [0, 0.05) is 5.56 Å². The fourth-order valence-electron chi connectivity index (χ4n) is 0.935. The molecule has 0 saturated carbocycles. The molecule has 0 atom stereocenters. The molecule has 3 nitrogen and oxygen atoms in total. The van der Waals surface area contributed by atoms with Crippen LogP contribution in [0.1, 0.15) is 23.4 Å². The van der Waals surface area contributed by atoms with Crippen molar-refractivity contribution in [1.82, 2.24) is 4.98 Å². The van der Waals surface area contributed by atoms with Gasteiger partial charge in [-0.2, -0.15) is 5.26 Å². The van der Waals surface area contributed by atoms with Gasteiger partial charge >= 0.3 is 0 Å². The highest BCUT2D eigenvalue weighted by Crippen LogP contribution is 2.25. The van der Waals surface area contributed by atoms with Crippen LogP contribution in [-0.4, -0.2) is 10.1 Å². The van der Waals surface area contributed by atoms with Gasteiger partial charge in [-0.25, -0.2) is 13.8 Å². The highest BCUT2D eigenvalue weighted by Gasteiger charge is 2.17. The Morgan fingerprint density at radius 3 is 2.71 bits per heavy atom. The average molecular weight is 263 g/mol. The maximum absolute atomic E-state index is 12.4. The highest BCUT2D eigenvalue weighted by molar-refractivity contribution is 9.10. The minimum absolute atomic E-state index is 0.0193. The fraction of sp³-hybridized carbons (Fsp3) is 0.250. The second kappa shape index (κ2) is 4.44. The zero-order valence-corrected chi connectivity index (χ0v) is 8.42. The molecule has 0 radical (unpaired) electrons. The Hall–Kier alpha value is -1.06. The van der Waals surface area contributed by atoms with E-state index in [2.05, 4.69) is 20.9 Å². The van der Waals surface area contributed by atoms with Crippen LogP contribution in [0.4, 0.5) is 8.78 Å². The standard InChI is InChI=1S/C8H5BrF2N2O/c9-5-1-4(3-14)7(8(10)11)13-6(5)2-12/h1,8,14H,3H2. The van der Waals surface area contributed by atoms with Crippen LogP contribution < -0.4 is 0 Å². The van der Waals surface area contributed by atoms with Gasteiger partial charge < -0.3 is 5.11 Å². The van der Waals surface area contributed by atoms with Gasteiger partial charge in [-0.05, 0) is 22.0 Å². The Labute approximate surface area is 87.1 Å². The van der Waals surface area contributed by atoms with Crippen molar-refractivity contribution in [1.29, 1.82) is 5.26 Å². The summed E-state index contributed by atoms with van der Waals surface area (Å²) in [4.78, 5) is 3.44. The summed E-state index contributed by atoms with van der Waals surface area (Å²) in [5, 5.41) is 17.3. The van der Waals surface area contributed by atoms with E-state index in [1.807, 2.05) is 0 Å². The van der Waals surface area contributed by atoms with Crippen LogP contribution in [0, 0.1) is 11.3 Å². The molecule has 0 aromatic carbocycles. The number of hydrogen-bond acceptors (Lipinski definition) is 3. The van der Waals surface area contributed by atoms with E-state index in [1.165, 1.54) is 6.07 Å². The molecule has 0 bridgehead atoms. The molecular weight excluding hydrogens is 258 g/mol. The van der Waals surface area contributed by atoms with Gasteiger partial charge in [0.25, 0.3) is 6.43 Å². The molecule has 1 aromatic heterocycles. The number of hydrogen-bond donors (Lipinski definition) is 1. The lowest BCUT2D eigenvalue weighted by Gasteiger charge is -2.06. The molecule has 0 spiro atoms. The Bertz CT molecular complexity index is 390. The minimum Gasteiger partial charge on any atom is -0.392 e. The number of alkyl halides is 2. The smallest absolute Gasteiger partial charge is 0.280 e. The van der Waals surface area contributed by atoms with E-state index in [1.54, 1.807) is 6.07 Å². The molecule has 0 aliphatic heterocycles. The number of aromatic nitrogens is 1. The van der Waals surface area contributed by atoms with Crippen LogP contribution in [0.5, 0.6) is 0 Å². The molecule has 1 N–H and O–H groups in total. The molecule has 0 unspecified atom stereocenters. The van der Waals surface area contributed by atoms with Crippen LogP contribution in [-0.2, 0) is 6.61 Å². The first-order valence-corrected chi connectivity index (χ1v) is 4.38. The molecule has 1 heterocycles. The highest BCUT2D eigenvalue weighted by atomic mass is 79.9. The first-order chi connectivity index (χ1) is 6.60. The largest absolute Gasteiger partial charge is 0.392 e. The van der Waals surface area contributed by atoms with E-state index < -0.39 is 18.7 Å². The Kier molecular flexibility index (Phi) is 3.49. The van der Waals surface area contributed by atoms with Gasteiger partial charge in [0.1, 0.15) is 11.8 Å². The normalized spacial score (nSPS) is 10.3. The van der Waals surface area contributed by atoms with Gasteiger partial charge in [0.15, 0.2) is 5.69 Å². The molecule has 0 fully saturated rings. The van der Waals surface area contributed by atoms with Gasteiger partial charge in [-0.15, -0.1) is 0 Å². The van der Waals surface area contributed by atoms with Crippen LogP contribution in [0.2, 0.25) is 0 Å². The lowest BCUT2D eigenvalue weighted by atomic mass is 10.2. The summed E-state index contributed by atoms with van der Waals surface area (Å²) in [7, 11) is 0. The van der Waals surface area contributed by atoms with Gasteiger partial charge in [0.05, 0.1) is 11.1 Å². The van der Waals surface area contributed by atoms with Gasteiger partial charge in [-0.3, -0.25) is 0 Å². The van der Waals surface area contributed by atoms with Gasteiger partial charge in [-0.1, -0.05) is 0 Å². The zero-order chi connectivity index (χ0) is 10.7. The maximum Gasteiger partial charge on any atom is 0.280 e. The third-order valence-corrected chi connectivity index (χ3v) is 2.18. The number of nitriles is 1. The predicted molar refractivity (Wildman–Crippen MR) is 47.5 cm³/mol. The summed E-state index contributed by atoms with van der Waals surface area (Å²) in [6.07, 6.45) is -2.79. The Morgan fingerprint density at radius 1 is 1.64 bits per heavy atom. The average Bonchev–Trinajstić information content (AvgIpc) is 2.16. The number of aliphatic hydroxyl groups excluding tert-OH is 1. The number of halogens is 3. The van der Waals surface area contributed by atoms with Crippen LogP contribution >= 0.6 is 15.9 Å². The zero-order valence-electron chi connectivity index (χ0n) is 6.84. The minimum atomic E-state index is -2.79. The second-order valence-electron chi connectivity index (χ2n) is 2.43. The van der Waals surface area contributed by atoms with Crippen molar-refractivity contribution in [2.75, 3.05) is 0 Å². The summed E-state index contributed by atoms with van der Waals surface area (Å²) >= 11 is 2.99. The SMILES string of the molecule is N#Cc1nc(C(F)F)c(CO)cc1Br. The van der Waals surface area contributed by atoms with E-state index >= 15 is 0 Å². The van der Waals surface area contributed by atoms with Crippen molar-refractivity contribution >= 4 is 15.9 Å². The summed E-state index contributed by atoms with van der Waals surface area (Å²) in [5.74, 6) is 0. The van der Waals surface area contributed by atoms with Crippen LogP contribution in [0.25, 0.3) is 0 Å². The summed E-state index contributed by atoms with van der Waals surface area (Å²) < 4.78 is 25.0. The third-order valence-electron chi connectivity index (χ3n) is 1.57. The van der Waals surface area contributed by atoms with Crippen molar-refractivity contribution in [2.45, 2.75) is 13.0 Å². The lowest BCUT2D eigenvalue weighted by Crippen LogP contribution is -2.01. The molecule has 1 aromatic rings. The van der Waals surface area contributed by atoms with Crippen LogP contribution in [0.3, 0.4) is 0 Å². The van der Waals surface area contributed by atoms with Crippen molar-refractivity contribution in [3.05, 3.63) is 27.5 Å². The molecule has 6 heteroatoms. The predicted octanol–water partition coefficient (Wildman–Crippen LogP) is 2.15.